The van der Waals surface area contributed by atoms with Crippen molar-refractivity contribution in [3.05, 3.63) is 58.6 Å². The number of halogens is 1. The van der Waals surface area contributed by atoms with Gasteiger partial charge in [-0.3, -0.25) is 4.79 Å². The number of fused-ring (bicyclic) bond motifs is 1. The van der Waals surface area contributed by atoms with Crippen molar-refractivity contribution in [3.63, 3.8) is 0 Å². The fraction of sp³-hybridized carbons (Fsp3) is 0.364. The Morgan fingerprint density at radius 1 is 1.04 bits per heavy atom. The summed E-state index contributed by atoms with van der Waals surface area (Å²) < 4.78 is 1.24. The third kappa shape index (κ3) is 4.65. The number of hydrogen-bond donors (Lipinski definition) is 0. The van der Waals surface area contributed by atoms with Crippen LogP contribution in [0.1, 0.15) is 24.3 Å². The smallest absolute Gasteiger partial charge is 0.222 e. The van der Waals surface area contributed by atoms with Crippen molar-refractivity contribution < 1.29 is 4.79 Å². The Balaban J connectivity index is 1.19. The lowest BCUT2D eigenvalue weighted by Crippen LogP contribution is -2.48. The monoisotopic (exact) mass is 413 g/mol. The zero-order valence-electron chi connectivity index (χ0n) is 15.8. The molecule has 1 saturated heterocycles. The van der Waals surface area contributed by atoms with Gasteiger partial charge in [-0.15, -0.1) is 11.3 Å². The van der Waals surface area contributed by atoms with Crippen LogP contribution in [0.25, 0.3) is 10.2 Å². The quantitative estimate of drug-likeness (QED) is 0.533. The third-order valence-corrected chi connectivity index (χ3v) is 6.51. The largest absolute Gasteiger partial charge is 0.368 e. The first-order valence-corrected chi connectivity index (χ1v) is 11.0. The number of anilines is 1. The van der Waals surface area contributed by atoms with Gasteiger partial charge in [0.1, 0.15) is 0 Å². The zero-order valence-corrected chi connectivity index (χ0v) is 17.4. The average Bonchev–Trinajstić information content (AvgIpc) is 3.14. The van der Waals surface area contributed by atoms with E-state index in [9.17, 15) is 4.79 Å². The minimum absolute atomic E-state index is 0.273. The summed E-state index contributed by atoms with van der Waals surface area (Å²) in [5.41, 5.74) is 2.21. The molecule has 6 heteroatoms. The van der Waals surface area contributed by atoms with Gasteiger partial charge >= 0.3 is 0 Å². The first kappa shape index (κ1) is 19.2. The van der Waals surface area contributed by atoms with Crippen LogP contribution in [-0.4, -0.2) is 42.0 Å². The van der Waals surface area contributed by atoms with Crippen LogP contribution in [0.4, 0.5) is 5.69 Å². The molecule has 1 fully saturated rings. The van der Waals surface area contributed by atoms with E-state index < -0.39 is 0 Å². The fourth-order valence-corrected chi connectivity index (χ4v) is 4.82. The summed E-state index contributed by atoms with van der Waals surface area (Å²) in [5, 5.41) is 1.92. The van der Waals surface area contributed by atoms with Crippen LogP contribution in [0.2, 0.25) is 5.02 Å². The number of carbonyl (C=O) groups is 1. The Morgan fingerprint density at radius 2 is 1.86 bits per heavy atom. The fourth-order valence-electron chi connectivity index (χ4n) is 3.62. The van der Waals surface area contributed by atoms with E-state index in [-0.39, 0.29) is 5.91 Å². The number of amides is 1. The number of benzene rings is 2. The molecule has 1 aliphatic heterocycles. The highest BCUT2D eigenvalue weighted by atomic mass is 35.5. The molecule has 3 aromatic rings. The second-order valence-corrected chi connectivity index (χ2v) is 8.68. The van der Waals surface area contributed by atoms with E-state index >= 15 is 0 Å². The van der Waals surface area contributed by atoms with Crippen molar-refractivity contribution in [3.8, 4) is 0 Å². The summed E-state index contributed by atoms with van der Waals surface area (Å²) in [7, 11) is 0. The molecule has 0 bridgehead atoms. The van der Waals surface area contributed by atoms with Crippen LogP contribution >= 0.6 is 22.9 Å². The van der Waals surface area contributed by atoms with Gasteiger partial charge in [0.2, 0.25) is 5.91 Å². The first-order valence-electron chi connectivity index (χ1n) is 9.82. The van der Waals surface area contributed by atoms with Crippen molar-refractivity contribution in [2.45, 2.75) is 25.7 Å². The van der Waals surface area contributed by atoms with E-state index in [4.69, 9.17) is 11.6 Å². The minimum Gasteiger partial charge on any atom is -0.368 e. The summed E-state index contributed by atoms with van der Waals surface area (Å²) in [6.07, 6.45) is 3.51. The highest BCUT2D eigenvalue weighted by molar-refractivity contribution is 7.18. The molecule has 0 N–H and O–H groups in total. The Labute approximate surface area is 174 Å². The van der Waals surface area contributed by atoms with Crippen LogP contribution in [0.15, 0.2) is 48.5 Å². The SMILES string of the molecule is O=C(CCCCc1nc2ccccc2s1)N1CCN(c2cccc(Cl)c2)CC1. The molecule has 0 saturated carbocycles. The van der Waals surface area contributed by atoms with Crippen LogP contribution in [0.5, 0.6) is 0 Å². The van der Waals surface area contributed by atoms with E-state index in [1.807, 2.05) is 29.2 Å². The Morgan fingerprint density at radius 3 is 2.64 bits per heavy atom. The molecule has 28 heavy (non-hydrogen) atoms. The number of rotatable bonds is 6. The highest BCUT2D eigenvalue weighted by Crippen LogP contribution is 2.23. The van der Waals surface area contributed by atoms with E-state index in [0.29, 0.717) is 6.42 Å². The molecule has 0 radical (unpaired) electrons. The predicted molar refractivity (Wildman–Crippen MR) is 117 cm³/mol. The molecule has 0 aliphatic carbocycles. The van der Waals surface area contributed by atoms with Gasteiger partial charge in [-0.05, 0) is 49.6 Å². The van der Waals surface area contributed by atoms with Gasteiger partial charge in [0, 0.05) is 43.3 Å². The van der Waals surface area contributed by atoms with E-state index in [1.54, 1.807) is 11.3 Å². The van der Waals surface area contributed by atoms with Crippen molar-refractivity contribution in [2.24, 2.45) is 0 Å². The normalized spacial score (nSPS) is 14.6. The maximum absolute atomic E-state index is 12.5. The summed E-state index contributed by atoms with van der Waals surface area (Å²) in [5.74, 6) is 0.273. The molecule has 0 spiro atoms. The molecule has 2 heterocycles. The van der Waals surface area contributed by atoms with Crippen molar-refractivity contribution in [1.29, 1.82) is 0 Å². The highest BCUT2D eigenvalue weighted by Gasteiger charge is 2.21. The zero-order chi connectivity index (χ0) is 19.3. The second kappa shape index (κ2) is 8.93. The molecular formula is C22H24ClN3OS. The van der Waals surface area contributed by atoms with Gasteiger partial charge in [-0.25, -0.2) is 4.98 Å². The van der Waals surface area contributed by atoms with Crippen molar-refractivity contribution in [2.75, 3.05) is 31.1 Å². The van der Waals surface area contributed by atoms with Crippen molar-refractivity contribution >= 4 is 44.7 Å². The van der Waals surface area contributed by atoms with Crippen molar-refractivity contribution in [1.82, 2.24) is 9.88 Å². The first-order chi connectivity index (χ1) is 13.7. The average molecular weight is 414 g/mol. The van der Waals surface area contributed by atoms with E-state index in [2.05, 4.69) is 34.1 Å². The lowest BCUT2D eigenvalue weighted by molar-refractivity contribution is -0.131. The lowest BCUT2D eigenvalue weighted by Gasteiger charge is -2.36. The molecule has 4 nitrogen and oxygen atoms in total. The molecule has 146 valence electrons. The summed E-state index contributed by atoms with van der Waals surface area (Å²) in [4.78, 5) is 21.5. The maximum atomic E-state index is 12.5. The Hall–Kier alpha value is -2.11. The molecule has 1 aromatic heterocycles. The molecule has 1 aliphatic rings. The number of aryl methyl sites for hydroxylation is 1. The summed E-state index contributed by atoms with van der Waals surface area (Å²) in [6, 6.07) is 16.2. The number of aromatic nitrogens is 1. The van der Waals surface area contributed by atoms with Crippen LogP contribution in [0, 0.1) is 0 Å². The molecular weight excluding hydrogens is 390 g/mol. The van der Waals surface area contributed by atoms with Crippen LogP contribution < -0.4 is 4.90 Å². The number of piperazine rings is 1. The Kier molecular flexibility index (Phi) is 6.13. The lowest BCUT2D eigenvalue weighted by atomic mass is 10.1. The van der Waals surface area contributed by atoms with Gasteiger partial charge in [-0.1, -0.05) is 29.8 Å². The molecule has 2 aromatic carbocycles. The molecule has 1 amide bonds. The number of para-hydroxylation sites is 1. The number of thiazole rings is 1. The van der Waals surface area contributed by atoms with Crippen LogP contribution in [0.3, 0.4) is 0 Å². The Bertz CT molecular complexity index is 917. The topological polar surface area (TPSA) is 36.4 Å². The summed E-state index contributed by atoms with van der Waals surface area (Å²) in [6.45, 7) is 3.28. The van der Waals surface area contributed by atoms with Gasteiger partial charge in [0.05, 0.1) is 15.2 Å². The van der Waals surface area contributed by atoms with Gasteiger partial charge in [0.25, 0.3) is 0 Å². The second-order valence-electron chi connectivity index (χ2n) is 7.13. The summed E-state index contributed by atoms with van der Waals surface area (Å²) >= 11 is 7.85. The molecule has 4 rings (SSSR count). The number of nitrogens with zero attached hydrogens (tertiary/aromatic N) is 3. The van der Waals surface area contributed by atoms with E-state index in [0.717, 1.165) is 61.7 Å². The number of hydrogen-bond acceptors (Lipinski definition) is 4. The number of carbonyl (C=O) groups excluding carboxylic acids is 1. The number of unbranched alkanes of at least 4 members (excludes halogenated alkanes) is 1. The van der Waals surface area contributed by atoms with E-state index in [1.165, 1.54) is 9.71 Å². The van der Waals surface area contributed by atoms with Crippen LogP contribution in [-0.2, 0) is 11.2 Å². The standard InChI is InChI=1S/C22H24ClN3OS/c23-17-6-5-7-18(16-17)25-12-14-26(15-13-25)22(27)11-4-3-10-21-24-19-8-1-2-9-20(19)28-21/h1-2,5-9,16H,3-4,10-15H2. The maximum Gasteiger partial charge on any atom is 0.222 e. The minimum atomic E-state index is 0.273. The predicted octanol–water partition coefficient (Wildman–Crippen LogP) is 5.01. The third-order valence-electron chi connectivity index (χ3n) is 5.18. The van der Waals surface area contributed by atoms with Gasteiger partial charge < -0.3 is 9.80 Å². The molecule has 0 atom stereocenters. The van der Waals surface area contributed by atoms with Gasteiger partial charge in [0.15, 0.2) is 0 Å². The van der Waals surface area contributed by atoms with Gasteiger partial charge in [-0.2, -0.15) is 0 Å². The molecule has 0 unspecified atom stereocenters.